The zero-order chi connectivity index (χ0) is 25.3. The Morgan fingerprint density at radius 2 is 1.91 bits per heavy atom. The van der Waals surface area contributed by atoms with Gasteiger partial charge in [-0.25, -0.2) is 0 Å². The third kappa shape index (κ3) is 5.13. The highest BCUT2D eigenvalue weighted by molar-refractivity contribution is 6.32. The minimum absolute atomic E-state index is 0.0391. The summed E-state index contributed by atoms with van der Waals surface area (Å²) in [5.41, 5.74) is 3.25. The number of phenols is 1. The van der Waals surface area contributed by atoms with E-state index in [9.17, 15) is 14.7 Å². The molecule has 2 aliphatic rings. The number of rotatable bonds is 6. The summed E-state index contributed by atoms with van der Waals surface area (Å²) in [5.74, 6) is -1.93. The zero-order valence-electron chi connectivity index (χ0n) is 20.4. The van der Waals surface area contributed by atoms with Crippen molar-refractivity contribution in [2.24, 2.45) is 16.3 Å². The van der Waals surface area contributed by atoms with E-state index in [-0.39, 0.29) is 34.3 Å². The SMILES string of the molecule is COc1cc([C@H]2C3=C(CC(C)(C)CC3=O)N=C(C)C2C(=O)OCCc2ccccc2)cc(Cl)c1O. The van der Waals surface area contributed by atoms with Crippen molar-refractivity contribution < 1.29 is 24.2 Å². The molecule has 1 aliphatic heterocycles. The predicted octanol–water partition coefficient (Wildman–Crippen LogP) is 5.66. The number of carbonyl (C=O) groups excluding carboxylic acids is 2. The van der Waals surface area contributed by atoms with Crippen LogP contribution in [0.5, 0.6) is 11.5 Å². The molecule has 35 heavy (non-hydrogen) atoms. The van der Waals surface area contributed by atoms with E-state index in [1.165, 1.54) is 7.11 Å². The number of halogens is 1. The van der Waals surface area contributed by atoms with Gasteiger partial charge in [0.1, 0.15) is 5.92 Å². The van der Waals surface area contributed by atoms with Crippen LogP contribution in [0.3, 0.4) is 0 Å². The predicted molar refractivity (Wildman–Crippen MR) is 135 cm³/mol. The maximum Gasteiger partial charge on any atom is 0.315 e. The van der Waals surface area contributed by atoms with Crippen LogP contribution >= 0.6 is 11.6 Å². The summed E-state index contributed by atoms with van der Waals surface area (Å²) in [5, 5.41) is 10.4. The van der Waals surface area contributed by atoms with E-state index in [1.54, 1.807) is 19.1 Å². The lowest BCUT2D eigenvalue weighted by Crippen LogP contribution is -2.39. The molecule has 0 spiro atoms. The van der Waals surface area contributed by atoms with Crippen LogP contribution in [0.2, 0.25) is 5.02 Å². The maximum absolute atomic E-state index is 13.4. The van der Waals surface area contributed by atoms with E-state index in [0.717, 1.165) is 5.56 Å². The number of allylic oxidation sites excluding steroid dienone is 2. The standard InChI is InChI=1S/C28H30ClNO5/c1-16-23(27(33)35-11-10-17-8-6-5-7-9-17)24(18-12-19(29)26(32)22(13-18)34-4)25-20(30-16)14-28(2,3)15-21(25)31/h5-9,12-13,23-24,32H,10-11,14-15H2,1-4H3/t23?,24-/m1/s1. The van der Waals surface area contributed by atoms with E-state index >= 15 is 0 Å². The number of esters is 1. The van der Waals surface area contributed by atoms with Gasteiger partial charge >= 0.3 is 5.97 Å². The van der Waals surface area contributed by atoms with Crippen molar-refractivity contribution in [1.29, 1.82) is 0 Å². The molecule has 1 N–H and O–H groups in total. The van der Waals surface area contributed by atoms with Gasteiger partial charge in [0, 0.05) is 35.7 Å². The fourth-order valence-electron chi connectivity index (χ4n) is 5.04. The Morgan fingerprint density at radius 3 is 2.60 bits per heavy atom. The molecule has 0 bridgehead atoms. The lowest BCUT2D eigenvalue weighted by Gasteiger charge is -2.39. The van der Waals surface area contributed by atoms with Crippen molar-refractivity contribution in [3.8, 4) is 11.5 Å². The van der Waals surface area contributed by atoms with E-state index in [2.05, 4.69) is 0 Å². The average molecular weight is 496 g/mol. The van der Waals surface area contributed by atoms with Crippen molar-refractivity contribution >= 4 is 29.1 Å². The second-order valence-electron chi connectivity index (χ2n) is 9.97. The number of methoxy groups -OCH3 is 1. The number of benzene rings is 2. The molecule has 6 nitrogen and oxygen atoms in total. The molecule has 1 unspecified atom stereocenters. The largest absolute Gasteiger partial charge is 0.503 e. The molecule has 0 radical (unpaired) electrons. The van der Waals surface area contributed by atoms with Gasteiger partial charge in [0.2, 0.25) is 0 Å². The molecule has 7 heteroatoms. The highest BCUT2D eigenvalue weighted by Gasteiger charge is 2.46. The van der Waals surface area contributed by atoms with E-state index < -0.39 is 17.8 Å². The smallest absolute Gasteiger partial charge is 0.315 e. The Morgan fingerprint density at radius 1 is 1.20 bits per heavy atom. The van der Waals surface area contributed by atoms with Gasteiger partial charge in [-0.3, -0.25) is 14.6 Å². The number of hydrogen-bond acceptors (Lipinski definition) is 6. The lowest BCUT2D eigenvalue weighted by molar-refractivity contribution is -0.146. The first-order valence-electron chi connectivity index (χ1n) is 11.7. The summed E-state index contributed by atoms with van der Waals surface area (Å²) < 4.78 is 11.0. The van der Waals surface area contributed by atoms with Gasteiger partial charge in [0.05, 0.1) is 18.7 Å². The van der Waals surface area contributed by atoms with Crippen molar-refractivity contribution in [1.82, 2.24) is 0 Å². The normalized spacial score (nSPS) is 21.3. The summed E-state index contributed by atoms with van der Waals surface area (Å²) in [6.07, 6.45) is 1.57. The molecule has 0 aromatic heterocycles. The number of phenolic OH excluding ortho intramolecular Hbond substituents is 1. The van der Waals surface area contributed by atoms with Crippen LogP contribution in [-0.4, -0.2) is 36.3 Å². The third-order valence-corrected chi connectivity index (χ3v) is 6.95. The number of carbonyl (C=O) groups is 2. The Kier molecular flexibility index (Phi) is 7.04. The van der Waals surface area contributed by atoms with Crippen molar-refractivity contribution in [3.63, 3.8) is 0 Å². The Bertz CT molecular complexity index is 1220. The molecule has 2 atom stereocenters. The Balaban J connectivity index is 1.73. The van der Waals surface area contributed by atoms with Crippen LogP contribution < -0.4 is 4.74 Å². The quantitative estimate of drug-likeness (QED) is 0.523. The summed E-state index contributed by atoms with van der Waals surface area (Å²) in [6.45, 7) is 6.09. The molecular weight excluding hydrogens is 466 g/mol. The zero-order valence-corrected chi connectivity index (χ0v) is 21.2. The molecule has 2 aromatic rings. The topological polar surface area (TPSA) is 85.2 Å². The summed E-state index contributed by atoms with van der Waals surface area (Å²) in [7, 11) is 1.43. The summed E-state index contributed by atoms with van der Waals surface area (Å²) in [4.78, 5) is 31.6. The highest BCUT2D eigenvalue weighted by Crippen LogP contribution is 2.49. The fourth-order valence-corrected chi connectivity index (χ4v) is 5.26. The molecular formula is C28H30ClNO5. The van der Waals surface area contributed by atoms with Crippen molar-refractivity contribution in [3.05, 3.63) is 69.9 Å². The second-order valence-corrected chi connectivity index (χ2v) is 10.4. The third-order valence-electron chi connectivity index (χ3n) is 6.66. The average Bonchev–Trinajstić information content (AvgIpc) is 2.79. The lowest BCUT2D eigenvalue weighted by atomic mass is 9.67. The first kappa shape index (κ1) is 25.0. The molecule has 0 saturated carbocycles. The first-order valence-corrected chi connectivity index (χ1v) is 12.1. The Hall–Kier alpha value is -3.12. The van der Waals surface area contributed by atoms with Gasteiger partial charge in [0.25, 0.3) is 0 Å². The van der Waals surface area contributed by atoms with Gasteiger partial charge in [-0.1, -0.05) is 55.8 Å². The fraction of sp³-hybridized carbons (Fsp3) is 0.393. The second kappa shape index (κ2) is 9.86. The molecule has 0 fully saturated rings. The molecule has 4 rings (SSSR count). The van der Waals surface area contributed by atoms with Gasteiger partial charge in [-0.2, -0.15) is 0 Å². The monoisotopic (exact) mass is 495 g/mol. The van der Waals surface area contributed by atoms with E-state index in [4.69, 9.17) is 26.1 Å². The van der Waals surface area contributed by atoms with Crippen LogP contribution in [-0.2, 0) is 20.7 Å². The number of ketones is 1. The Labute approximate surface area is 210 Å². The van der Waals surface area contributed by atoms with Gasteiger partial charge in [-0.15, -0.1) is 0 Å². The number of hydrogen-bond donors (Lipinski definition) is 1. The highest BCUT2D eigenvalue weighted by atomic mass is 35.5. The number of ether oxygens (including phenoxy) is 2. The minimum Gasteiger partial charge on any atom is -0.503 e. The van der Waals surface area contributed by atoms with Crippen LogP contribution in [0.15, 0.2) is 58.7 Å². The molecule has 0 amide bonds. The van der Waals surface area contributed by atoms with Crippen molar-refractivity contribution in [2.75, 3.05) is 13.7 Å². The summed E-state index contributed by atoms with van der Waals surface area (Å²) in [6, 6.07) is 13.0. The number of aromatic hydroxyl groups is 1. The molecule has 1 heterocycles. The van der Waals surface area contributed by atoms with Crippen LogP contribution in [0.25, 0.3) is 0 Å². The van der Waals surface area contributed by atoms with E-state index in [1.807, 2.05) is 44.2 Å². The maximum atomic E-state index is 13.4. The molecule has 0 saturated heterocycles. The van der Waals surface area contributed by atoms with Crippen molar-refractivity contribution in [2.45, 2.75) is 46.0 Å². The molecule has 1 aliphatic carbocycles. The van der Waals surface area contributed by atoms with E-state index in [0.29, 0.717) is 41.8 Å². The van der Waals surface area contributed by atoms with Gasteiger partial charge in [-0.05, 0) is 42.0 Å². The number of Topliss-reactive ketones (excluding diaryl/α,β-unsaturated/α-hetero) is 1. The molecule has 2 aromatic carbocycles. The minimum atomic E-state index is -0.792. The van der Waals surface area contributed by atoms with Crippen LogP contribution in [0.4, 0.5) is 0 Å². The van der Waals surface area contributed by atoms with Crippen LogP contribution in [0, 0.1) is 11.3 Å². The molecule has 184 valence electrons. The van der Waals surface area contributed by atoms with Gasteiger partial charge < -0.3 is 14.6 Å². The summed E-state index contributed by atoms with van der Waals surface area (Å²) >= 11 is 6.31. The first-order chi connectivity index (χ1) is 16.6. The number of nitrogens with zero attached hydrogens (tertiary/aromatic N) is 1. The number of aliphatic imine (C=N–C) groups is 1. The van der Waals surface area contributed by atoms with Crippen LogP contribution in [0.1, 0.15) is 50.7 Å². The van der Waals surface area contributed by atoms with Gasteiger partial charge in [0.15, 0.2) is 17.3 Å².